The van der Waals surface area contributed by atoms with Crippen LogP contribution in [-0.4, -0.2) is 15.4 Å². The van der Waals surface area contributed by atoms with E-state index in [4.69, 9.17) is 11.6 Å². The molecule has 0 saturated heterocycles. The molecule has 104 valence electrons. The van der Waals surface area contributed by atoms with Crippen LogP contribution in [0, 0.1) is 12.7 Å². The zero-order chi connectivity index (χ0) is 14.1. The summed E-state index contributed by atoms with van der Waals surface area (Å²) in [6.45, 7) is 2.81. The largest absolute Gasteiger partial charge is 0.323 e. The fraction of sp³-hybridized carbons (Fsp3) is 0.267. The van der Waals surface area contributed by atoms with Crippen LogP contribution in [-0.2, 0) is 13.0 Å². The van der Waals surface area contributed by atoms with Crippen LogP contribution in [0.25, 0.3) is 11.0 Å². The highest BCUT2D eigenvalue weighted by molar-refractivity contribution is 7.10. The van der Waals surface area contributed by atoms with Gasteiger partial charge in [-0.15, -0.1) is 22.9 Å². The van der Waals surface area contributed by atoms with Gasteiger partial charge in [0, 0.05) is 17.2 Å². The maximum absolute atomic E-state index is 13.5. The van der Waals surface area contributed by atoms with Crippen LogP contribution < -0.4 is 0 Å². The normalized spacial score (nSPS) is 11.3. The van der Waals surface area contributed by atoms with E-state index < -0.39 is 0 Å². The molecule has 3 aromatic rings. The number of imidazole rings is 1. The lowest BCUT2D eigenvalue weighted by Crippen LogP contribution is -2.05. The second-order valence-corrected chi connectivity index (χ2v) is 6.09. The molecule has 2 aromatic heterocycles. The number of alkyl halides is 1. The molecule has 0 atom stereocenters. The smallest absolute Gasteiger partial charge is 0.125 e. The van der Waals surface area contributed by atoms with Crippen LogP contribution in [0.4, 0.5) is 4.39 Å². The molecule has 0 N–H and O–H groups in total. The first-order chi connectivity index (χ1) is 9.69. The Kier molecular flexibility index (Phi) is 3.76. The van der Waals surface area contributed by atoms with Gasteiger partial charge in [-0.1, -0.05) is 0 Å². The highest BCUT2D eigenvalue weighted by atomic mass is 35.5. The van der Waals surface area contributed by atoms with Crippen LogP contribution in [0.15, 0.2) is 29.6 Å². The number of nitrogens with zero attached hydrogens (tertiary/aromatic N) is 2. The summed E-state index contributed by atoms with van der Waals surface area (Å²) < 4.78 is 15.6. The van der Waals surface area contributed by atoms with Crippen molar-refractivity contribution < 1.29 is 4.39 Å². The minimum atomic E-state index is -0.237. The molecule has 0 bridgehead atoms. The Labute approximate surface area is 125 Å². The lowest BCUT2D eigenvalue weighted by Gasteiger charge is -2.08. The molecule has 0 spiro atoms. The van der Waals surface area contributed by atoms with Gasteiger partial charge in [0.05, 0.1) is 17.6 Å². The third-order valence-corrected chi connectivity index (χ3v) is 4.57. The van der Waals surface area contributed by atoms with E-state index in [9.17, 15) is 4.39 Å². The van der Waals surface area contributed by atoms with Gasteiger partial charge < -0.3 is 4.57 Å². The van der Waals surface area contributed by atoms with Crippen molar-refractivity contribution in [2.75, 3.05) is 5.88 Å². The van der Waals surface area contributed by atoms with Crippen LogP contribution in [0.1, 0.15) is 16.3 Å². The standard InChI is InChI=1S/C15H14ClFN2S/c1-10-5-7-20-14(10)9-19-13-8-11(17)2-3-12(13)18-15(19)4-6-16/h2-3,5,7-8H,4,6,9H2,1H3. The van der Waals surface area contributed by atoms with E-state index in [2.05, 4.69) is 27.9 Å². The second kappa shape index (κ2) is 5.54. The topological polar surface area (TPSA) is 17.8 Å². The van der Waals surface area contributed by atoms with Crippen LogP contribution in [0.3, 0.4) is 0 Å². The summed E-state index contributed by atoms with van der Waals surface area (Å²) in [5.74, 6) is 1.18. The van der Waals surface area contributed by atoms with E-state index in [0.717, 1.165) is 23.4 Å². The predicted molar refractivity (Wildman–Crippen MR) is 82.3 cm³/mol. The predicted octanol–water partition coefficient (Wildman–Crippen LogP) is 4.37. The molecule has 5 heteroatoms. The minimum Gasteiger partial charge on any atom is -0.323 e. The first-order valence-electron chi connectivity index (χ1n) is 6.42. The number of aryl methyl sites for hydroxylation is 2. The number of fused-ring (bicyclic) bond motifs is 1. The maximum atomic E-state index is 13.5. The number of hydrogen-bond acceptors (Lipinski definition) is 2. The van der Waals surface area contributed by atoms with Crippen molar-refractivity contribution >= 4 is 34.0 Å². The summed E-state index contributed by atoms with van der Waals surface area (Å²) in [4.78, 5) is 5.84. The van der Waals surface area contributed by atoms with Gasteiger partial charge in [-0.25, -0.2) is 9.37 Å². The summed E-state index contributed by atoms with van der Waals surface area (Å²) in [5, 5.41) is 2.07. The third kappa shape index (κ3) is 2.45. The summed E-state index contributed by atoms with van der Waals surface area (Å²) in [7, 11) is 0. The van der Waals surface area contributed by atoms with E-state index in [1.165, 1.54) is 16.5 Å². The molecule has 0 saturated carbocycles. The molecule has 3 rings (SSSR count). The highest BCUT2D eigenvalue weighted by Crippen LogP contribution is 2.23. The monoisotopic (exact) mass is 308 g/mol. The number of halogens is 2. The lowest BCUT2D eigenvalue weighted by atomic mass is 10.2. The van der Waals surface area contributed by atoms with Crippen molar-refractivity contribution in [3.8, 4) is 0 Å². The molecule has 0 aliphatic heterocycles. The number of rotatable bonds is 4. The molecule has 0 radical (unpaired) electrons. The zero-order valence-corrected chi connectivity index (χ0v) is 12.6. The van der Waals surface area contributed by atoms with E-state index >= 15 is 0 Å². The quantitative estimate of drug-likeness (QED) is 0.654. The maximum Gasteiger partial charge on any atom is 0.125 e. The number of thiophene rings is 1. The minimum absolute atomic E-state index is 0.237. The van der Waals surface area contributed by atoms with E-state index in [1.807, 2.05) is 0 Å². The molecular formula is C15H14ClFN2S. The van der Waals surface area contributed by atoms with Crippen LogP contribution in [0.5, 0.6) is 0 Å². The van der Waals surface area contributed by atoms with E-state index in [0.29, 0.717) is 12.3 Å². The lowest BCUT2D eigenvalue weighted by molar-refractivity contribution is 0.628. The Bertz CT molecular complexity index is 747. The number of benzene rings is 1. The van der Waals surface area contributed by atoms with Crippen LogP contribution in [0.2, 0.25) is 0 Å². The van der Waals surface area contributed by atoms with Crippen molar-refractivity contribution in [3.63, 3.8) is 0 Å². The molecule has 0 aliphatic rings. The summed E-state index contributed by atoms with van der Waals surface area (Å²) in [6.07, 6.45) is 0.683. The second-order valence-electron chi connectivity index (χ2n) is 4.71. The van der Waals surface area contributed by atoms with Gasteiger partial charge in [0.15, 0.2) is 0 Å². The summed E-state index contributed by atoms with van der Waals surface area (Å²) >= 11 is 7.57. The van der Waals surface area contributed by atoms with E-state index in [-0.39, 0.29) is 5.82 Å². The molecule has 2 nitrogen and oxygen atoms in total. The third-order valence-electron chi connectivity index (χ3n) is 3.38. The van der Waals surface area contributed by atoms with Gasteiger partial charge in [-0.05, 0) is 42.1 Å². The van der Waals surface area contributed by atoms with Crippen LogP contribution >= 0.6 is 22.9 Å². The molecule has 2 heterocycles. The Morgan fingerprint density at radius 2 is 2.20 bits per heavy atom. The molecular weight excluding hydrogens is 295 g/mol. The molecule has 0 aliphatic carbocycles. The fourth-order valence-corrected chi connectivity index (χ4v) is 3.37. The fourth-order valence-electron chi connectivity index (χ4n) is 2.31. The van der Waals surface area contributed by atoms with Crippen molar-refractivity contribution in [1.82, 2.24) is 9.55 Å². The first kappa shape index (κ1) is 13.6. The van der Waals surface area contributed by atoms with Gasteiger partial charge in [0.25, 0.3) is 0 Å². The van der Waals surface area contributed by atoms with Gasteiger partial charge in [0.2, 0.25) is 0 Å². The van der Waals surface area contributed by atoms with Crippen molar-refractivity contribution in [2.24, 2.45) is 0 Å². The first-order valence-corrected chi connectivity index (χ1v) is 7.84. The molecule has 1 aromatic carbocycles. The van der Waals surface area contributed by atoms with Crippen molar-refractivity contribution in [1.29, 1.82) is 0 Å². The average molecular weight is 309 g/mol. The number of aromatic nitrogens is 2. The van der Waals surface area contributed by atoms with Gasteiger partial charge in [-0.2, -0.15) is 0 Å². The average Bonchev–Trinajstić information content (AvgIpc) is 2.96. The van der Waals surface area contributed by atoms with Crippen molar-refractivity contribution in [2.45, 2.75) is 19.9 Å². The molecule has 0 unspecified atom stereocenters. The SMILES string of the molecule is Cc1ccsc1Cn1c(CCCl)nc2ccc(F)cc21. The molecule has 0 amide bonds. The summed E-state index contributed by atoms with van der Waals surface area (Å²) in [5.41, 5.74) is 2.91. The Morgan fingerprint density at radius 3 is 2.90 bits per heavy atom. The Hall–Kier alpha value is -1.39. The van der Waals surface area contributed by atoms with E-state index in [1.54, 1.807) is 23.5 Å². The highest BCUT2D eigenvalue weighted by Gasteiger charge is 2.13. The van der Waals surface area contributed by atoms with Gasteiger partial charge in [-0.3, -0.25) is 0 Å². The summed E-state index contributed by atoms with van der Waals surface area (Å²) in [6, 6.07) is 6.81. The van der Waals surface area contributed by atoms with Gasteiger partial charge >= 0.3 is 0 Å². The Morgan fingerprint density at radius 1 is 1.35 bits per heavy atom. The zero-order valence-electron chi connectivity index (χ0n) is 11.1. The Balaban J connectivity index is 2.12. The van der Waals surface area contributed by atoms with Gasteiger partial charge in [0.1, 0.15) is 11.6 Å². The van der Waals surface area contributed by atoms with Crippen molar-refractivity contribution in [3.05, 3.63) is 51.7 Å². The number of hydrogen-bond donors (Lipinski definition) is 0. The molecule has 20 heavy (non-hydrogen) atoms. The molecule has 0 fully saturated rings.